The van der Waals surface area contributed by atoms with Crippen molar-refractivity contribution >= 4 is 46.9 Å². The lowest BCUT2D eigenvalue weighted by atomic mass is 9.49. The fourth-order valence-electron chi connectivity index (χ4n) is 8.90. The summed E-state index contributed by atoms with van der Waals surface area (Å²) < 4.78 is 19.4. The van der Waals surface area contributed by atoms with E-state index in [1.807, 2.05) is 6.08 Å². The first-order valence-corrected chi connectivity index (χ1v) is 17.7. The van der Waals surface area contributed by atoms with E-state index < -0.39 is 58.6 Å². The number of likely N-dealkylation sites (tertiary alicyclic amines) is 1. The summed E-state index contributed by atoms with van der Waals surface area (Å²) in [7, 11) is 1.47. The Balaban J connectivity index is 1.36. The second-order valence-corrected chi connectivity index (χ2v) is 14.3. The standard InChI is InChI=1S/C39H37ClFN3O8/c1-52-25-14-17-31(45)29(19-25)34-26-15-16-27-33(37(50)43(35(27)48)18-4-2-3-5-32(46)47)28(26)20-30-36(49)44(42-24-12-10-23(41)11-13-24)38(51)39(30,34)21-6-8-22(40)9-7-21/h6-15,17,19,27-28,30,33-34,42,45H,2-5,16,18,20H2,1H3,(H,46,47). The lowest BCUT2D eigenvalue weighted by molar-refractivity contribution is -0.141. The monoisotopic (exact) mass is 729 g/mol. The molecule has 4 amide bonds. The molecule has 7 rings (SSSR count). The molecule has 2 aliphatic heterocycles. The third kappa shape index (κ3) is 5.69. The number of benzene rings is 3. The summed E-state index contributed by atoms with van der Waals surface area (Å²) in [4.78, 5) is 70.1. The summed E-state index contributed by atoms with van der Waals surface area (Å²) >= 11 is 6.33. The Morgan fingerprint density at radius 3 is 2.38 bits per heavy atom. The maximum atomic E-state index is 15.2. The van der Waals surface area contributed by atoms with Crippen LogP contribution in [0.1, 0.15) is 55.6 Å². The van der Waals surface area contributed by atoms with Crippen LogP contribution in [0.15, 0.2) is 78.4 Å². The number of nitrogens with one attached hydrogen (secondary N) is 1. The maximum absolute atomic E-state index is 15.2. The summed E-state index contributed by atoms with van der Waals surface area (Å²) in [5.41, 5.74) is 2.98. The zero-order chi connectivity index (χ0) is 36.9. The van der Waals surface area contributed by atoms with Gasteiger partial charge in [-0.25, -0.2) is 4.39 Å². The molecule has 3 fully saturated rings. The average Bonchev–Trinajstić information content (AvgIpc) is 3.50. The van der Waals surface area contributed by atoms with Crippen molar-refractivity contribution in [3.05, 3.63) is 100 Å². The Kier molecular flexibility index (Phi) is 9.28. The SMILES string of the molecule is COc1ccc(O)c(C2C3=CCC4C(=O)N(CCCCCC(=O)O)C(=O)C4C3CC3C(=O)N(Nc4ccc(F)cc4)C(=O)C32c2ccc(Cl)cc2)c1. The van der Waals surface area contributed by atoms with Gasteiger partial charge in [0.1, 0.15) is 17.3 Å². The highest BCUT2D eigenvalue weighted by Crippen LogP contribution is 2.65. The smallest absolute Gasteiger partial charge is 0.303 e. The number of allylic oxidation sites excluding steroid dienone is 2. The van der Waals surface area contributed by atoms with Gasteiger partial charge in [-0.15, -0.1) is 0 Å². The number of phenolic OH excluding ortho intramolecular Hbond substituents is 1. The number of rotatable bonds is 11. The van der Waals surface area contributed by atoms with E-state index >= 15 is 4.79 Å². The molecule has 270 valence electrons. The van der Waals surface area contributed by atoms with Crippen LogP contribution in [0.3, 0.4) is 0 Å². The second kappa shape index (κ2) is 13.7. The average molecular weight is 730 g/mol. The number of hydrogen-bond acceptors (Lipinski definition) is 8. The third-order valence-corrected chi connectivity index (χ3v) is 11.4. The highest BCUT2D eigenvalue weighted by molar-refractivity contribution is 6.30. The summed E-state index contributed by atoms with van der Waals surface area (Å²) in [6, 6.07) is 16.5. The van der Waals surface area contributed by atoms with Crippen LogP contribution >= 0.6 is 11.6 Å². The first-order chi connectivity index (χ1) is 25.0. The van der Waals surface area contributed by atoms with Crippen molar-refractivity contribution in [3.8, 4) is 11.5 Å². The largest absolute Gasteiger partial charge is 0.508 e. The number of unbranched alkanes of at least 4 members (excludes halogenated alkanes) is 2. The zero-order valence-electron chi connectivity index (χ0n) is 28.3. The van der Waals surface area contributed by atoms with E-state index in [4.69, 9.17) is 21.4 Å². The van der Waals surface area contributed by atoms with Crippen LogP contribution in [-0.2, 0) is 29.4 Å². The molecule has 3 aromatic rings. The van der Waals surface area contributed by atoms with Crippen molar-refractivity contribution in [2.24, 2.45) is 23.7 Å². The van der Waals surface area contributed by atoms with E-state index in [0.717, 1.165) is 5.01 Å². The fourth-order valence-corrected chi connectivity index (χ4v) is 9.03. The van der Waals surface area contributed by atoms with Gasteiger partial charge < -0.3 is 14.9 Å². The summed E-state index contributed by atoms with van der Waals surface area (Å²) in [6.45, 7) is 0.150. The van der Waals surface area contributed by atoms with Crippen molar-refractivity contribution in [1.82, 2.24) is 9.91 Å². The molecule has 11 nitrogen and oxygen atoms in total. The highest BCUT2D eigenvalue weighted by Gasteiger charge is 2.70. The van der Waals surface area contributed by atoms with E-state index in [0.29, 0.717) is 52.4 Å². The molecule has 1 saturated carbocycles. The van der Waals surface area contributed by atoms with Gasteiger partial charge in [0.25, 0.3) is 11.8 Å². The van der Waals surface area contributed by atoms with Crippen LogP contribution in [0, 0.1) is 29.5 Å². The van der Waals surface area contributed by atoms with Crippen LogP contribution in [0.25, 0.3) is 0 Å². The number of carboxylic acids is 1. The minimum absolute atomic E-state index is 0.00244. The van der Waals surface area contributed by atoms with Gasteiger partial charge >= 0.3 is 5.97 Å². The minimum Gasteiger partial charge on any atom is -0.508 e. The van der Waals surface area contributed by atoms with Crippen LogP contribution in [0.2, 0.25) is 5.02 Å². The first kappa shape index (κ1) is 35.2. The van der Waals surface area contributed by atoms with Gasteiger partial charge in [0.15, 0.2) is 0 Å². The highest BCUT2D eigenvalue weighted by atomic mass is 35.5. The topological polar surface area (TPSA) is 154 Å². The number of carbonyl (C=O) groups is 5. The summed E-state index contributed by atoms with van der Waals surface area (Å²) in [6.07, 6.45) is 3.55. The molecule has 4 aliphatic rings. The van der Waals surface area contributed by atoms with Gasteiger partial charge in [-0.3, -0.25) is 34.3 Å². The molecular weight excluding hydrogens is 693 g/mol. The van der Waals surface area contributed by atoms with Gasteiger partial charge in [-0.05, 0) is 91.8 Å². The van der Waals surface area contributed by atoms with Gasteiger partial charge in [0, 0.05) is 29.5 Å². The molecule has 6 atom stereocenters. The third-order valence-electron chi connectivity index (χ3n) is 11.2. The number of imide groups is 2. The predicted octanol–water partition coefficient (Wildman–Crippen LogP) is 5.82. The minimum atomic E-state index is -1.65. The Morgan fingerprint density at radius 1 is 0.962 bits per heavy atom. The lowest BCUT2D eigenvalue weighted by Gasteiger charge is -2.50. The Morgan fingerprint density at radius 2 is 1.69 bits per heavy atom. The number of amides is 4. The van der Waals surface area contributed by atoms with Crippen molar-refractivity contribution in [3.63, 3.8) is 0 Å². The van der Waals surface area contributed by atoms with Gasteiger partial charge in [-0.1, -0.05) is 41.8 Å². The van der Waals surface area contributed by atoms with Crippen molar-refractivity contribution in [2.45, 2.75) is 49.9 Å². The molecule has 0 bridgehead atoms. The molecule has 13 heteroatoms. The normalized spacial score (nSPS) is 26.5. The van der Waals surface area contributed by atoms with Crippen LogP contribution < -0.4 is 10.2 Å². The van der Waals surface area contributed by atoms with Crippen LogP contribution in [-0.4, -0.2) is 63.4 Å². The molecule has 0 aromatic heterocycles. The number of nitrogens with zero attached hydrogens (tertiary/aromatic N) is 2. The number of anilines is 1. The van der Waals surface area contributed by atoms with E-state index in [2.05, 4.69) is 5.43 Å². The number of phenols is 1. The number of halogens is 2. The van der Waals surface area contributed by atoms with Gasteiger partial charge in [-0.2, -0.15) is 5.01 Å². The fraction of sp³-hybridized carbons (Fsp3) is 0.359. The van der Waals surface area contributed by atoms with E-state index in [-0.39, 0.29) is 43.4 Å². The summed E-state index contributed by atoms with van der Waals surface area (Å²) in [5.74, 6) is -7.22. The number of carbonyl (C=O) groups excluding carboxylic acids is 4. The molecule has 2 saturated heterocycles. The zero-order valence-corrected chi connectivity index (χ0v) is 29.0. The number of methoxy groups -OCH3 is 1. The Hall–Kier alpha value is -5.23. The first-order valence-electron chi connectivity index (χ1n) is 17.3. The molecule has 52 heavy (non-hydrogen) atoms. The van der Waals surface area contributed by atoms with Crippen LogP contribution in [0.4, 0.5) is 10.1 Å². The quantitative estimate of drug-likeness (QED) is 0.126. The predicted molar refractivity (Wildman–Crippen MR) is 187 cm³/mol. The maximum Gasteiger partial charge on any atom is 0.303 e. The number of hydrogen-bond donors (Lipinski definition) is 3. The number of ether oxygens (including phenoxy) is 1. The van der Waals surface area contributed by atoms with E-state index in [1.165, 1.54) is 42.3 Å². The van der Waals surface area contributed by atoms with Crippen molar-refractivity contribution in [1.29, 1.82) is 0 Å². The number of aliphatic carboxylic acids is 1. The number of hydrazine groups is 1. The van der Waals surface area contributed by atoms with E-state index in [1.54, 1.807) is 36.4 Å². The number of aromatic hydroxyl groups is 1. The molecule has 2 heterocycles. The summed E-state index contributed by atoms with van der Waals surface area (Å²) in [5, 5.41) is 21.9. The molecule has 0 spiro atoms. The molecule has 2 aliphatic carbocycles. The van der Waals surface area contributed by atoms with Gasteiger partial charge in [0.2, 0.25) is 11.8 Å². The van der Waals surface area contributed by atoms with Crippen LogP contribution in [0.5, 0.6) is 11.5 Å². The molecule has 0 radical (unpaired) electrons. The Labute approximate surface area is 304 Å². The van der Waals surface area contributed by atoms with Crippen molar-refractivity contribution < 1.29 is 43.3 Å². The Bertz CT molecular complexity index is 1990. The molecule has 6 unspecified atom stereocenters. The van der Waals surface area contributed by atoms with Gasteiger partial charge in [0.05, 0.1) is 36.0 Å². The number of fused-ring (bicyclic) bond motifs is 4. The number of carboxylic acid groups (broad SMARTS) is 1. The molecule has 3 N–H and O–H groups in total. The van der Waals surface area contributed by atoms with E-state index in [9.17, 15) is 28.7 Å². The molecule has 3 aromatic carbocycles. The lowest BCUT2D eigenvalue weighted by Crippen LogP contribution is -2.53. The van der Waals surface area contributed by atoms with Crippen molar-refractivity contribution in [2.75, 3.05) is 19.1 Å². The molecular formula is C39H37ClFN3O8. The second-order valence-electron chi connectivity index (χ2n) is 13.8.